The van der Waals surface area contributed by atoms with Gasteiger partial charge in [-0.25, -0.2) is 4.98 Å². The minimum atomic E-state index is 0.412. The van der Waals surface area contributed by atoms with Gasteiger partial charge >= 0.3 is 0 Å². The van der Waals surface area contributed by atoms with Crippen LogP contribution >= 0.6 is 39.3 Å². The van der Waals surface area contributed by atoms with E-state index in [1.165, 1.54) is 0 Å². The molecule has 0 aliphatic carbocycles. The van der Waals surface area contributed by atoms with Crippen LogP contribution in [0.3, 0.4) is 0 Å². The normalized spacial score (nSPS) is 12.9. The first-order valence-corrected chi connectivity index (χ1v) is 6.20. The summed E-state index contributed by atoms with van der Waals surface area (Å²) in [6.45, 7) is 4.08. The highest BCUT2D eigenvalue weighted by molar-refractivity contribution is 9.10. The van der Waals surface area contributed by atoms with Gasteiger partial charge in [-0.05, 0) is 35.0 Å². The summed E-state index contributed by atoms with van der Waals surface area (Å²) in [5, 5.41) is 1.45. The molecule has 0 spiro atoms. The number of rotatable bonds is 3. The molecule has 1 heterocycles. The van der Waals surface area contributed by atoms with E-state index >= 15 is 0 Å². The summed E-state index contributed by atoms with van der Waals surface area (Å²) in [7, 11) is 0. The molecule has 0 radical (unpaired) electrons. The molecular weight excluding hydrogens is 270 g/mol. The Morgan fingerprint density at radius 3 is 2.85 bits per heavy atom. The molecule has 1 nitrogen and oxygen atoms in total. The first-order valence-electron chi connectivity index (χ1n) is 3.99. The SMILES string of the molecule is Cc1nc(SC(C)CCl)ccc1Br. The summed E-state index contributed by atoms with van der Waals surface area (Å²) in [5.74, 6) is 0.654. The zero-order valence-corrected chi connectivity index (χ0v) is 10.7. The highest BCUT2D eigenvalue weighted by Crippen LogP contribution is 2.24. The highest BCUT2D eigenvalue weighted by atomic mass is 79.9. The van der Waals surface area contributed by atoms with Gasteiger partial charge in [0.2, 0.25) is 0 Å². The van der Waals surface area contributed by atoms with Gasteiger partial charge in [-0.3, -0.25) is 0 Å². The lowest BCUT2D eigenvalue weighted by Gasteiger charge is -2.07. The maximum atomic E-state index is 5.72. The van der Waals surface area contributed by atoms with Gasteiger partial charge in [-0.1, -0.05) is 6.92 Å². The van der Waals surface area contributed by atoms with Crippen molar-refractivity contribution in [2.45, 2.75) is 24.1 Å². The Morgan fingerprint density at radius 1 is 1.62 bits per heavy atom. The molecule has 1 atom stereocenters. The van der Waals surface area contributed by atoms with Crippen molar-refractivity contribution in [2.75, 3.05) is 5.88 Å². The minimum absolute atomic E-state index is 0.412. The molecule has 4 heteroatoms. The van der Waals surface area contributed by atoms with E-state index < -0.39 is 0 Å². The summed E-state index contributed by atoms with van der Waals surface area (Å²) in [6.07, 6.45) is 0. The molecule has 1 aromatic heterocycles. The third-order valence-corrected chi connectivity index (χ3v) is 4.06. The summed E-state index contributed by atoms with van der Waals surface area (Å²) in [5.41, 5.74) is 1.02. The van der Waals surface area contributed by atoms with Gasteiger partial charge in [0, 0.05) is 15.6 Å². The van der Waals surface area contributed by atoms with Crippen LogP contribution in [0.4, 0.5) is 0 Å². The van der Waals surface area contributed by atoms with Gasteiger partial charge in [-0.2, -0.15) is 0 Å². The van der Waals surface area contributed by atoms with Crippen molar-refractivity contribution in [3.63, 3.8) is 0 Å². The fraction of sp³-hybridized carbons (Fsp3) is 0.444. The lowest BCUT2D eigenvalue weighted by molar-refractivity contribution is 1.03. The number of thioether (sulfide) groups is 1. The first-order chi connectivity index (χ1) is 6.13. The van der Waals surface area contributed by atoms with E-state index in [-0.39, 0.29) is 0 Å². The van der Waals surface area contributed by atoms with Gasteiger partial charge in [0.1, 0.15) is 0 Å². The number of aromatic nitrogens is 1. The van der Waals surface area contributed by atoms with Gasteiger partial charge in [-0.15, -0.1) is 23.4 Å². The average molecular weight is 281 g/mol. The van der Waals surface area contributed by atoms with E-state index in [1.54, 1.807) is 11.8 Å². The van der Waals surface area contributed by atoms with Crippen LogP contribution in [-0.4, -0.2) is 16.1 Å². The largest absolute Gasteiger partial charge is 0.246 e. The van der Waals surface area contributed by atoms with Crippen molar-refractivity contribution in [2.24, 2.45) is 0 Å². The van der Waals surface area contributed by atoms with E-state index in [4.69, 9.17) is 11.6 Å². The second-order valence-electron chi connectivity index (χ2n) is 2.80. The Balaban J connectivity index is 2.73. The Morgan fingerprint density at radius 2 is 2.31 bits per heavy atom. The number of pyridine rings is 1. The van der Waals surface area contributed by atoms with Crippen molar-refractivity contribution < 1.29 is 0 Å². The van der Waals surface area contributed by atoms with E-state index in [0.717, 1.165) is 15.2 Å². The molecule has 0 N–H and O–H groups in total. The number of hydrogen-bond donors (Lipinski definition) is 0. The predicted molar refractivity (Wildman–Crippen MR) is 62.7 cm³/mol. The van der Waals surface area contributed by atoms with Crippen LogP contribution in [0.1, 0.15) is 12.6 Å². The quantitative estimate of drug-likeness (QED) is 0.616. The molecule has 13 heavy (non-hydrogen) atoms. The fourth-order valence-electron chi connectivity index (χ4n) is 0.824. The van der Waals surface area contributed by atoms with E-state index in [0.29, 0.717) is 11.1 Å². The molecule has 0 aromatic carbocycles. The molecule has 0 bridgehead atoms. The fourth-order valence-corrected chi connectivity index (χ4v) is 2.05. The van der Waals surface area contributed by atoms with Crippen molar-refractivity contribution in [1.29, 1.82) is 0 Å². The van der Waals surface area contributed by atoms with Gasteiger partial charge in [0.15, 0.2) is 0 Å². The molecule has 0 fully saturated rings. The topological polar surface area (TPSA) is 12.9 Å². The van der Waals surface area contributed by atoms with Crippen LogP contribution in [0.5, 0.6) is 0 Å². The molecule has 0 aliphatic heterocycles. The zero-order chi connectivity index (χ0) is 9.84. The van der Waals surface area contributed by atoms with Gasteiger partial charge in [0.25, 0.3) is 0 Å². The molecule has 0 amide bonds. The van der Waals surface area contributed by atoms with Crippen LogP contribution in [0, 0.1) is 6.92 Å². The van der Waals surface area contributed by atoms with Crippen LogP contribution in [0.15, 0.2) is 21.6 Å². The van der Waals surface area contributed by atoms with E-state index in [9.17, 15) is 0 Å². The second-order valence-corrected chi connectivity index (χ2v) is 5.42. The lowest BCUT2D eigenvalue weighted by Crippen LogP contribution is -1.98. The van der Waals surface area contributed by atoms with Crippen molar-refractivity contribution in [3.8, 4) is 0 Å². The smallest absolute Gasteiger partial charge is 0.0966 e. The number of hydrogen-bond acceptors (Lipinski definition) is 2. The standard InChI is InChI=1S/C9H11BrClNS/c1-6(5-11)13-9-4-3-8(10)7(2)12-9/h3-4,6H,5H2,1-2H3. The Kier molecular flexibility index (Phi) is 4.56. The Hall–Kier alpha value is 0.270. The Bertz CT molecular complexity index is 293. The number of nitrogens with zero attached hydrogens (tertiary/aromatic N) is 1. The molecule has 72 valence electrons. The molecule has 1 unspecified atom stereocenters. The van der Waals surface area contributed by atoms with Gasteiger partial charge < -0.3 is 0 Å². The number of aryl methyl sites for hydroxylation is 1. The second kappa shape index (κ2) is 5.23. The summed E-state index contributed by atoms with van der Waals surface area (Å²) >= 11 is 10.8. The predicted octanol–water partition coefficient (Wildman–Crippen LogP) is 3.87. The zero-order valence-electron chi connectivity index (χ0n) is 7.55. The monoisotopic (exact) mass is 279 g/mol. The molecular formula is C9H11BrClNS. The van der Waals surface area contributed by atoms with Crippen LogP contribution in [0.25, 0.3) is 0 Å². The molecule has 0 saturated heterocycles. The third kappa shape index (κ3) is 3.49. The molecule has 1 rings (SSSR count). The van der Waals surface area contributed by atoms with Crippen molar-refractivity contribution in [1.82, 2.24) is 4.98 Å². The van der Waals surface area contributed by atoms with E-state index in [1.807, 2.05) is 19.1 Å². The van der Waals surface area contributed by atoms with Crippen LogP contribution in [0.2, 0.25) is 0 Å². The Labute approximate surface area is 96.4 Å². The van der Waals surface area contributed by atoms with Crippen molar-refractivity contribution in [3.05, 3.63) is 22.3 Å². The van der Waals surface area contributed by atoms with E-state index in [2.05, 4.69) is 27.8 Å². The maximum absolute atomic E-state index is 5.72. The van der Waals surface area contributed by atoms with Crippen molar-refractivity contribution >= 4 is 39.3 Å². The molecule has 1 aromatic rings. The van der Waals surface area contributed by atoms with Gasteiger partial charge in [0.05, 0.1) is 10.7 Å². The molecule has 0 saturated carbocycles. The summed E-state index contributed by atoms with van der Waals surface area (Å²) < 4.78 is 1.05. The lowest BCUT2D eigenvalue weighted by atomic mass is 10.4. The minimum Gasteiger partial charge on any atom is -0.246 e. The van der Waals surface area contributed by atoms with Crippen LogP contribution < -0.4 is 0 Å². The average Bonchev–Trinajstić information content (AvgIpc) is 2.11. The number of alkyl halides is 1. The van der Waals surface area contributed by atoms with Crippen LogP contribution in [-0.2, 0) is 0 Å². The molecule has 0 aliphatic rings. The maximum Gasteiger partial charge on any atom is 0.0966 e. The first kappa shape index (κ1) is 11.3. The summed E-state index contributed by atoms with van der Waals surface area (Å²) in [4.78, 5) is 4.42. The summed E-state index contributed by atoms with van der Waals surface area (Å²) in [6, 6.07) is 4.02. The third-order valence-electron chi connectivity index (χ3n) is 1.54. The highest BCUT2D eigenvalue weighted by Gasteiger charge is 2.04. The number of halogens is 2.